The summed E-state index contributed by atoms with van der Waals surface area (Å²) in [5, 5.41) is 0. The van der Waals surface area contributed by atoms with Crippen molar-refractivity contribution >= 4 is 0 Å². The maximum absolute atomic E-state index is 12.1. The quantitative estimate of drug-likeness (QED) is 0.679. The van der Waals surface area contributed by atoms with Gasteiger partial charge in [0.25, 0.3) is 6.43 Å². The molecule has 0 radical (unpaired) electrons. The second-order valence-electron chi connectivity index (χ2n) is 3.36. The number of alkyl halides is 2. The second kappa shape index (κ2) is 7.43. The van der Waals surface area contributed by atoms with Gasteiger partial charge in [0.1, 0.15) is 0 Å². The summed E-state index contributed by atoms with van der Waals surface area (Å²) in [6.45, 7) is 8.42. The molecular formula is C12H21F2N. The molecule has 1 aliphatic heterocycles. The Bertz CT molecular complexity index is 232. The molecule has 3 heteroatoms. The van der Waals surface area contributed by atoms with Gasteiger partial charge in [-0.15, -0.1) is 0 Å². The molecule has 0 unspecified atom stereocenters. The van der Waals surface area contributed by atoms with Crippen molar-refractivity contribution in [2.24, 2.45) is 0 Å². The molecule has 0 saturated carbocycles. The zero-order valence-electron chi connectivity index (χ0n) is 10.1. The summed E-state index contributed by atoms with van der Waals surface area (Å²) in [7, 11) is 0. The molecular weight excluding hydrogens is 196 g/mol. The Balaban J connectivity index is 0.000000921. The van der Waals surface area contributed by atoms with E-state index < -0.39 is 6.43 Å². The molecule has 0 bridgehead atoms. The van der Waals surface area contributed by atoms with Crippen molar-refractivity contribution in [1.29, 1.82) is 0 Å². The van der Waals surface area contributed by atoms with Crippen LogP contribution in [0.5, 0.6) is 0 Å². The van der Waals surface area contributed by atoms with Gasteiger partial charge in [-0.2, -0.15) is 0 Å². The van der Waals surface area contributed by atoms with E-state index >= 15 is 0 Å². The fourth-order valence-corrected chi connectivity index (χ4v) is 1.51. The van der Waals surface area contributed by atoms with Gasteiger partial charge in [-0.1, -0.05) is 25.5 Å². The maximum Gasteiger partial charge on any atom is 0.255 e. The fourth-order valence-electron chi connectivity index (χ4n) is 1.51. The van der Waals surface area contributed by atoms with Crippen LogP contribution in [0.1, 0.15) is 34.1 Å². The van der Waals surface area contributed by atoms with Gasteiger partial charge in [-0.05, 0) is 26.3 Å². The van der Waals surface area contributed by atoms with Crippen LogP contribution in [0.15, 0.2) is 23.4 Å². The molecule has 0 spiro atoms. The Morgan fingerprint density at radius 2 is 1.93 bits per heavy atom. The maximum atomic E-state index is 12.1. The van der Waals surface area contributed by atoms with E-state index in [1.54, 1.807) is 4.90 Å². The van der Waals surface area contributed by atoms with E-state index in [9.17, 15) is 8.78 Å². The van der Waals surface area contributed by atoms with Gasteiger partial charge in [-0.3, -0.25) is 0 Å². The molecule has 0 aromatic heterocycles. The summed E-state index contributed by atoms with van der Waals surface area (Å²) in [6.07, 6.45) is 2.64. The summed E-state index contributed by atoms with van der Waals surface area (Å²) in [6, 6.07) is 0. The Morgan fingerprint density at radius 1 is 1.33 bits per heavy atom. The van der Waals surface area contributed by atoms with Gasteiger partial charge < -0.3 is 4.90 Å². The summed E-state index contributed by atoms with van der Waals surface area (Å²) in [5.74, 6) is 0. The molecule has 1 rings (SSSR count). The topological polar surface area (TPSA) is 3.24 Å². The van der Waals surface area contributed by atoms with Crippen molar-refractivity contribution in [1.82, 2.24) is 4.90 Å². The van der Waals surface area contributed by atoms with Crippen molar-refractivity contribution in [2.45, 2.75) is 40.5 Å². The summed E-state index contributed by atoms with van der Waals surface area (Å²) in [5.41, 5.74) is 2.10. The fraction of sp³-hybridized carbons (Fsp3) is 0.667. The minimum absolute atomic E-state index is 0.149. The number of rotatable bonds is 2. The minimum atomic E-state index is -2.25. The highest BCUT2D eigenvalue weighted by Crippen LogP contribution is 2.15. The number of hydrogen-bond acceptors (Lipinski definition) is 1. The minimum Gasteiger partial charge on any atom is -0.369 e. The average Bonchev–Trinajstić information content (AvgIpc) is 2.31. The number of nitrogens with zero attached hydrogens (tertiary/aromatic N) is 1. The third kappa shape index (κ3) is 5.55. The first-order chi connectivity index (χ1) is 7.09. The zero-order chi connectivity index (χ0) is 11.8. The Morgan fingerprint density at radius 3 is 2.47 bits per heavy atom. The Labute approximate surface area is 91.5 Å². The molecule has 1 heterocycles. The Hall–Kier alpha value is -0.860. The SMILES string of the molecule is CC.CC1=CCCN(CC(F)F)C(C)=C1. The number of hydrogen-bond donors (Lipinski definition) is 0. The molecule has 0 amide bonds. The molecule has 0 aromatic rings. The number of allylic oxidation sites excluding steroid dienone is 3. The smallest absolute Gasteiger partial charge is 0.255 e. The lowest BCUT2D eigenvalue weighted by atomic mass is 10.2. The van der Waals surface area contributed by atoms with Crippen LogP contribution < -0.4 is 0 Å². The van der Waals surface area contributed by atoms with Crippen LogP contribution in [0.25, 0.3) is 0 Å². The highest BCUT2D eigenvalue weighted by molar-refractivity contribution is 5.22. The van der Waals surface area contributed by atoms with Crippen molar-refractivity contribution in [3.8, 4) is 0 Å². The summed E-state index contributed by atoms with van der Waals surface area (Å²) >= 11 is 0. The van der Waals surface area contributed by atoms with Gasteiger partial charge >= 0.3 is 0 Å². The molecule has 88 valence electrons. The molecule has 1 nitrogen and oxygen atoms in total. The highest BCUT2D eigenvalue weighted by Gasteiger charge is 2.13. The standard InChI is InChI=1S/C10H15F2N.C2H6/c1-8-4-3-5-13(7-10(11)12)9(2)6-8;1-2/h4,6,10H,3,5,7H2,1-2H3;1-2H3. The van der Waals surface area contributed by atoms with E-state index in [1.807, 2.05) is 33.8 Å². The van der Waals surface area contributed by atoms with E-state index in [-0.39, 0.29) is 6.54 Å². The first-order valence-corrected chi connectivity index (χ1v) is 5.48. The zero-order valence-corrected chi connectivity index (χ0v) is 10.1. The van der Waals surface area contributed by atoms with E-state index in [0.717, 1.165) is 17.7 Å². The van der Waals surface area contributed by atoms with E-state index in [1.165, 1.54) is 0 Å². The van der Waals surface area contributed by atoms with Crippen LogP contribution in [0.4, 0.5) is 8.78 Å². The first kappa shape index (κ1) is 14.1. The molecule has 0 aromatic carbocycles. The first-order valence-electron chi connectivity index (χ1n) is 5.48. The third-order valence-electron chi connectivity index (χ3n) is 2.16. The lowest BCUT2D eigenvalue weighted by molar-refractivity contribution is 0.104. The van der Waals surface area contributed by atoms with Crippen LogP contribution >= 0.6 is 0 Å². The van der Waals surface area contributed by atoms with Crippen LogP contribution in [0.2, 0.25) is 0 Å². The summed E-state index contributed by atoms with van der Waals surface area (Å²) in [4.78, 5) is 1.73. The van der Waals surface area contributed by atoms with Crippen LogP contribution in [0.3, 0.4) is 0 Å². The van der Waals surface area contributed by atoms with Crippen molar-refractivity contribution in [3.63, 3.8) is 0 Å². The van der Waals surface area contributed by atoms with Gasteiger partial charge in [0, 0.05) is 12.2 Å². The normalized spacial score (nSPS) is 16.3. The predicted molar refractivity (Wildman–Crippen MR) is 61.1 cm³/mol. The lowest BCUT2D eigenvalue weighted by Crippen LogP contribution is -2.27. The number of halogens is 2. The molecule has 15 heavy (non-hydrogen) atoms. The summed E-state index contributed by atoms with van der Waals surface area (Å²) < 4.78 is 24.3. The molecule has 1 aliphatic rings. The van der Waals surface area contributed by atoms with Crippen LogP contribution in [-0.4, -0.2) is 24.4 Å². The van der Waals surface area contributed by atoms with Crippen molar-refractivity contribution in [2.75, 3.05) is 13.1 Å². The molecule has 0 saturated heterocycles. The van der Waals surface area contributed by atoms with Gasteiger partial charge in [-0.25, -0.2) is 8.78 Å². The molecule has 0 N–H and O–H groups in total. The molecule has 0 aliphatic carbocycles. The third-order valence-corrected chi connectivity index (χ3v) is 2.16. The largest absolute Gasteiger partial charge is 0.369 e. The monoisotopic (exact) mass is 217 g/mol. The van der Waals surface area contributed by atoms with Crippen molar-refractivity contribution in [3.05, 3.63) is 23.4 Å². The highest BCUT2D eigenvalue weighted by atomic mass is 19.3. The van der Waals surface area contributed by atoms with E-state index in [2.05, 4.69) is 6.08 Å². The van der Waals surface area contributed by atoms with E-state index in [4.69, 9.17) is 0 Å². The van der Waals surface area contributed by atoms with Crippen LogP contribution in [-0.2, 0) is 0 Å². The molecule has 0 atom stereocenters. The van der Waals surface area contributed by atoms with Crippen LogP contribution in [0, 0.1) is 0 Å². The lowest BCUT2D eigenvalue weighted by Gasteiger charge is -2.23. The predicted octanol–water partition coefficient (Wildman–Crippen LogP) is 3.83. The molecule has 0 fully saturated rings. The Kier molecular flexibility index (Phi) is 7.01. The average molecular weight is 217 g/mol. The van der Waals surface area contributed by atoms with Gasteiger partial charge in [0.15, 0.2) is 0 Å². The van der Waals surface area contributed by atoms with E-state index in [0.29, 0.717) is 6.54 Å². The second-order valence-corrected chi connectivity index (χ2v) is 3.36. The van der Waals surface area contributed by atoms with Gasteiger partial charge in [0.2, 0.25) is 0 Å². The van der Waals surface area contributed by atoms with Crippen molar-refractivity contribution < 1.29 is 8.78 Å². The van der Waals surface area contributed by atoms with Gasteiger partial charge in [0.05, 0.1) is 6.54 Å².